The smallest absolute Gasteiger partial charge is 0.221 e. The van der Waals surface area contributed by atoms with E-state index in [-0.39, 0.29) is 0 Å². The second-order valence-electron chi connectivity index (χ2n) is 6.15. The fourth-order valence-corrected chi connectivity index (χ4v) is 3.27. The molecule has 4 rings (SSSR count). The van der Waals surface area contributed by atoms with E-state index in [4.69, 9.17) is 9.26 Å². The zero-order chi connectivity index (χ0) is 18.4. The van der Waals surface area contributed by atoms with E-state index in [0.717, 1.165) is 45.4 Å². The van der Waals surface area contributed by atoms with Crippen LogP contribution in [0.5, 0.6) is 5.88 Å². The van der Waals surface area contributed by atoms with Crippen LogP contribution in [-0.4, -0.2) is 27.2 Å². The van der Waals surface area contributed by atoms with Gasteiger partial charge in [-0.15, -0.1) is 0 Å². The van der Waals surface area contributed by atoms with Crippen molar-refractivity contribution >= 4 is 11.0 Å². The predicted molar refractivity (Wildman–Crippen MR) is 95.5 cm³/mol. The number of aromatic amines is 1. The van der Waals surface area contributed by atoms with Gasteiger partial charge in [-0.2, -0.15) is 0 Å². The molecule has 0 saturated carbocycles. The van der Waals surface area contributed by atoms with Gasteiger partial charge in [0.2, 0.25) is 5.88 Å². The lowest BCUT2D eigenvalue weighted by Gasteiger charge is -2.10. The molecule has 0 spiro atoms. The minimum atomic E-state index is -0.441. The van der Waals surface area contributed by atoms with Gasteiger partial charge in [0.05, 0.1) is 30.0 Å². The molecule has 0 amide bonds. The van der Waals surface area contributed by atoms with Gasteiger partial charge in [-0.05, 0) is 44.5 Å². The molecule has 0 radical (unpaired) electrons. The summed E-state index contributed by atoms with van der Waals surface area (Å²) < 4.78 is 24.6. The van der Waals surface area contributed by atoms with Gasteiger partial charge in [-0.3, -0.25) is 0 Å². The van der Waals surface area contributed by atoms with Crippen LogP contribution in [0, 0.1) is 26.6 Å². The summed E-state index contributed by atoms with van der Waals surface area (Å²) in [5, 5.41) is 4.03. The first-order valence-electron chi connectivity index (χ1n) is 8.11. The Kier molecular flexibility index (Phi) is 3.72. The highest BCUT2D eigenvalue weighted by Crippen LogP contribution is 2.38. The molecule has 3 heterocycles. The molecule has 0 aliphatic carbocycles. The maximum atomic E-state index is 13.9. The van der Waals surface area contributed by atoms with Gasteiger partial charge in [-0.25, -0.2) is 14.4 Å². The average molecular weight is 352 g/mol. The van der Waals surface area contributed by atoms with E-state index >= 15 is 0 Å². The highest BCUT2D eigenvalue weighted by atomic mass is 19.1. The van der Waals surface area contributed by atoms with Crippen LogP contribution in [0.15, 0.2) is 28.9 Å². The minimum absolute atomic E-state index is 0.337. The Morgan fingerprint density at radius 3 is 2.62 bits per heavy atom. The van der Waals surface area contributed by atoms with Gasteiger partial charge in [-0.1, -0.05) is 5.16 Å². The fourth-order valence-electron chi connectivity index (χ4n) is 3.27. The molecule has 0 saturated heterocycles. The summed E-state index contributed by atoms with van der Waals surface area (Å²) >= 11 is 0. The summed E-state index contributed by atoms with van der Waals surface area (Å²) in [6, 6.07) is 5.33. The third-order valence-corrected chi connectivity index (χ3v) is 4.33. The summed E-state index contributed by atoms with van der Waals surface area (Å²) in [5.74, 6) is 1.38. The lowest BCUT2D eigenvalue weighted by Crippen LogP contribution is -1.94. The van der Waals surface area contributed by atoms with Gasteiger partial charge < -0.3 is 14.2 Å². The normalized spacial score (nSPS) is 11.3. The monoisotopic (exact) mass is 352 g/mol. The molecule has 1 aromatic carbocycles. The van der Waals surface area contributed by atoms with Gasteiger partial charge in [0.25, 0.3) is 0 Å². The van der Waals surface area contributed by atoms with Gasteiger partial charge in [0.1, 0.15) is 17.4 Å². The molecule has 0 unspecified atom stereocenters. The van der Waals surface area contributed by atoms with Crippen molar-refractivity contribution in [2.45, 2.75) is 20.8 Å². The van der Waals surface area contributed by atoms with E-state index in [9.17, 15) is 4.39 Å². The minimum Gasteiger partial charge on any atom is -0.481 e. The van der Waals surface area contributed by atoms with Crippen LogP contribution in [0.25, 0.3) is 33.3 Å². The highest BCUT2D eigenvalue weighted by Gasteiger charge is 2.19. The van der Waals surface area contributed by atoms with E-state index in [1.54, 1.807) is 0 Å². The Hall–Kier alpha value is -3.22. The molecule has 4 aromatic rings. The van der Waals surface area contributed by atoms with Crippen molar-refractivity contribution in [1.29, 1.82) is 0 Å². The van der Waals surface area contributed by atoms with Crippen molar-refractivity contribution < 1.29 is 13.7 Å². The molecule has 0 bridgehead atoms. The predicted octanol–water partition coefficient (Wildman–Crippen LogP) is 4.35. The van der Waals surface area contributed by atoms with E-state index in [2.05, 4.69) is 20.1 Å². The van der Waals surface area contributed by atoms with Crippen molar-refractivity contribution in [3.05, 3.63) is 47.5 Å². The van der Waals surface area contributed by atoms with Crippen molar-refractivity contribution in [1.82, 2.24) is 20.1 Å². The maximum Gasteiger partial charge on any atom is 0.221 e. The third kappa shape index (κ3) is 2.52. The van der Waals surface area contributed by atoms with Crippen molar-refractivity contribution in [2.75, 3.05) is 7.11 Å². The maximum absolute atomic E-state index is 13.9. The summed E-state index contributed by atoms with van der Waals surface area (Å²) in [6.45, 7) is 5.63. The zero-order valence-corrected chi connectivity index (χ0v) is 14.8. The Morgan fingerprint density at radius 2 is 1.92 bits per heavy atom. The Morgan fingerprint density at radius 1 is 1.12 bits per heavy atom. The molecule has 0 fully saturated rings. The number of hydrogen-bond acceptors (Lipinski definition) is 5. The number of nitrogens with zero attached hydrogens (tertiary/aromatic N) is 3. The van der Waals surface area contributed by atoms with Crippen LogP contribution >= 0.6 is 0 Å². The number of pyridine rings is 1. The zero-order valence-electron chi connectivity index (χ0n) is 14.8. The Labute approximate surface area is 149 Å². The highest BCUT2D eigenvalue weighted by molar-refractivity contribution is 5.97. The molecule has 0 aliphatic rings. The number of hydrogen-bond donors (Lipinski definition) is 1. The van der Waals surface area contributed by atoms with Crippen LogP contribution < -0.4 is 4.74 Å². The molecule has 1 N–H and O–H groups in total. The van der Waals surface area contributed by atoms with E-state index < -0.39 is 5.82 Å². The lowest BCUT2D eigenvalue weighted by molar-refractivity contribution is 0.393. The molecular weight excluding hydrogens is 335 g/mol. The summed E-state index contributed by atoms with van der Waals surface area (Å²) in [4.78, 5) is 11.9. The Bertz CT molecular complexity index is 1110. The molecule has 0 atom stereocenters. The number of halogens is 1. The summed E-state index contributed by atoms with van der Waals surface area (Å²) in [6.07, 6.45) is 1.13. The number of rotatable bonds is 3. The van der Waals surface area contributed by atoms with Crippen LogP contribution in [0.1, 0.15) is 17.3 Å². The largest absolute Gasteiger partial charge is 0.481 e. The van der Waals surface area contributed by atoms with Crippen molar-refractivity contribution in [2.24, 2.45) is 0 Å². The SMILES string of the molecule is COc1ncc(F)cc1-c1cc(-c2c(C)noc2C)cc2[nH]c(C)nc12. The van der Waals surface area contributed by atoms with Crippen molar-refractivity contribution in [3.8, 4) is 28.1 Å². The van der Waals surface area contributed by atoms with Crippen LogP contribution in [0.4, 0.5) is 4.39 Å². The first-order valence-corrected chi connectivity index (χ1v) is 8.11. The topological polar surface area (TPSA) is 76.8 Å². The van der Waals surface area contributed by atoms with E-state index in [1.807, 2.05) is 32.9 Å². The van der Waals surface area contributed by atoms with Crippen LogP contribution in [-0.2, 0) is 0 Å². The van der Waals surface area contributed by atoms with E-state index in [0.29, 0.717) is 17.2 Å². The molecular formula is C19H17FN4O2. The van der Waals surface area contributed by atoms with E-state index in [1.165, 1.54) is 13.2 Å². The number of aromatic nitrogens is 4. The molecule has 0 aliphatic heterocycles. The number of methoxy groups -OCH3 is 1. The lowest BCUT2D eigenvalue weighted by atomic mass is 9.97. The van der Waals surface area contributed by atoms with Crippen LogP contribution in [0.3, 0.4) is 0 Å². The number of benzene rings is 1. The summed E-state index contributed by atoms with van der Waals surface area (Å²) in [7, 11) is 1.51. The van der Waals surface area contributed by atoms with Gasteiger partial charge in [0, 0.05) is 16.7 Å². The molecule has 6 nitrogen and oxygen atoms in total. The quantitative estimate of drug-likeness (QED) is 0.593. The second-order valence-corrected chi connectivity index (χ2v) is 6.15. The fraction of sp³-hybridized carbons (Fsp3) is 0.211. The summed E-state index contributed by atoms with van der Waals surface area (Å²) in [5.41, 5.74) is 5.42. The number of aryl methyl sites for hydroxylation is 3. The Balaban J connectivity index is 2.07. The first kappa shape index (κ1) is 16.3. The molecule has 7 heteroatoms. The van der Waals surface area contributed by atoms with Crippen molar-refractivity contribution in [3.63, 3.8) is 0 Å². The van der Waals surface area contributed by atoms with Gasteiger partial charge >= 0.3 is 0 Å². The number of H-pyrrole nitrogens is 1. The number of ether oxygens (including phenoxy) is 1. The number of imidazole rings is 1. The van der Waals surface area contributed by atoms with Crippen LogP contribution in [0.2, 0.25) is 0 Å². The molecule has 3 aromatic heterocycles. The standard InChI is InChI=1S/C19H17FN4O2/c1-9-17(10(2)26-24-9)12-5-14(18-16(6-12)22-11(3)23-18)15-7-13(20)8-21-19(15)25-4/h5-8H,1-4H3,(H,22,23). The number of fused-ring (bicyclic) bond motifs is 1. The molecule has 132 valence electrons. The number of nitrogens with one attached hydrogen (secondary N) is 1. The third-order valence-electron chi connectivity index (χ3n) is 4.33. The second kappa shape index (κ2) is 5.94. The molecule has 26 heavy (non-hydrogen) atoms. The average Bonchev–Trinajstić information content (AvgIpc) is 3.15. The first-order chi connectivity index (χ1) is 12.5. The van der Waals surface area contributed by atoms with Gasteiger partial charge in [0.15, 0.2) is 0 Å².